The summed E-state index contributed by atoms with van der Waals surface area (Å²) in [7, 11) is 0.472. The third-order valence-corrected chi connectivity index (χ3v) is 8.61. The molecule has 0 aliphatic rings. The zero-order valence-electron chi connectivity index (χ0n) is 19.5. The molecule has 0 radical (unpaired) electrons. The van der Waals surface area contributed by atoms with Gasteiger partial charge in [0.2, 0.25) is 0 Å². The first kappa shape index (κ1) is 25.6. The van der Waals surface area contributed by atoms with Crippen LogP contribution in [0.5, 0.6) is 0 Å². The number of hydrogen-bond donors (Lipinski definition) is 1. The Morgan fingerprint density at radius 3 is 2.21 bits per heavy atom. The fourth-order valence-electron chi connectivity index (χ4n) is 3.44. The lowest BCUT2D eigenvalue weighted by Gasteiger charge is -2.31. The average molecular weight is 505 g/mol. The van der Waals surface area contributed by atoms with Gasteiger partial charge in [-0.25, -0.2) is 0 Å². The Morgan fingerprint density at radius 1 is 0.970 bits per heavy atom. The smallest absolute Gasteiger partial charge is 0.258 e. The minimum atomic E-state index is -3.47. The molecule has 3 aromatic rings. The standard InChI is InChI=1S/C26H31Cl2N2O2P/c1-19(2)16-17-32-33(31,23-13-11-22(12-14-23)30(3)4)26(29-21-8-6-5-7-9-21)24-15-10-20(27)18-25(24)28/h5-15,18-19,26,29H,16-17H2,1-4H3. The van der Waals surface area contributed by atoms with Gasteiger partial charge in [0.1, 0.15) is 5.78 Å². The number of anilines is 2. The summed E-state index contributed by atoms with van der Waals surface area (Å²) in [6.07, 6.45) is 0.798. The molecule has 0 amide bonds. The van der Waals surface area contributed by atoms with Crippen molar-refractivity contribution in [3.63, 3.8) is 0 Å². The first-order valence-electron chi connectivity index (χ1n) is 11.0. The van der Waals surface area contributed by atoms with Crippen LogP contribution in [-0.4, -0.2) is 20.7 Å². The van der Waals surface area contributed by atoms with Crippen molar-refractivity contribution in [2.45, 2.75) is 26.1 Å². The molecule has 176 valence electrons. The van der Waals surface area contributed by atoms with Gasteiger partial charge in [-0.15, -0.1) is 0 Å². The van der Waals surface area contributed by atoms with Crippen LogP contribution in [0.4, 0.5) is 11.4 Å². The molecule has 0 heterocycles. The maximum absolute atomic E-state index is 14.8. The van der Waals surface area contributed by atoms with E-state index in [1.807, 2.05) is 79.7 Å². The van der Waals surface area contributed by atoms with E-state index in [2.05, 4.69) is 19.2 Å². The van der Waals surface area contributed by atoms with Crippen LogP contribution in [0.1, 0.15) is 31.6 Å². The van der Waals surface area contributed by atoms with Gasteiger partial charge in [-0.3, -0.25) is 4.57 Å². The van der Waals surface area contributed by atoms with E-state index in [1.54, 1.807) is 12.1 Å². The molecule has 2 atom stereocenters. The van der Waals surface area contributed by atoms with E-state index in [-0.39, 0.29) is 0 Å². The highest BCUT2D eigenvalue weighted by Gasteiger charge is 2.39. The van der Waals surface area contributed by atoms with Crippen molar-refractivity contribution in [1.82, 2.24) is 0 Å². The summed E-state index contributed by atoms with van der Waals surface area (Å²) in [6.45, 7) is 4.62. The highest BCUT2D eigenvalue weighted by atomic mass is 35.5. The van der Waals surface area contributed by atoms with E-state index >= 15 is 0 Å². The number of para-hydroxylation sites is 1. The predicted octanol–water partition coefficient (Wildman–Crippen LogP) is 7.84. The van der Waals surface area contributed by atoms with E-state index < -0.39 is 13.2 Å². The molecule has 1 N–H and O–H groups in total. The number of nitrogens with zero attached hydrogens (tertiary/aromatic N) is 1. The molecule has 0 aliphatic carbocycles. The van der Waals surface area contributed by atoms with Gasteiger partial charge in [0, 0.05) is 46.4 Å². The topological polar surface area (TPSA) is 41.6 Å². The van der Waals surface area contributed by atoms with Gasteiger partial charge in [-0.05, 0) is 60.9 Å². The van der Waals surface area contributed by atoms with Crippen molar-refractivity contribution in [2.75, 3.05) is 30.9 Å². The van der Waals surface area contributed by atoms with Crippen molar-refractivity contribution in [2.24, 2.45) is 5.92 Å². The van der Waals surface area contributed by atoms with E-state index in [0.717, 1.165) is 17.8 Å². The van der Waals surface area contributed by atoms with Crippen LogP contribution in [-0.2, 0) is 9.09 Å². The molecule has 0 fully saturated rings. The zero-order valence-corrected chi connectivity index (χ0v) is 21.9. The Hall–Kier alpha value is -1.97. The van der Waals surface area contributed by atoms with Gasteiger partial charge in [0.05, 0.1) is 6.61 Å². The van der Waals surface area contributed by atoms with Crippen molar-refractivity contribution in [3.8, 4) is 0 Å². The lowest BCUT2D eigenvalue weighted by Crippen LogP contribution is -2.22. The minimum absolute atomic E-state index is 0.378. The first-order chi connectivity index (χ1) is 15.7. The monoisotopic (exact) mass is 504 g/mol. The summed E-state index contributed by atoms with van der Waals surface area (Å²) < 4.78 is 21.1. The molecule has 3 aromatic carbocycles. The minimum Gasteiger partial charge on any atom is -0.378 e. The Bertz CT molecular complexity index is 1090. The largest absolute Gasteiger partial charge is 0.378 e. The van der Waals surface area contributed by atoms with E-state index in [9.17, 15) is 4.57 Å². The summed E-state index contributed by atoms with van der Waals surface area (Å²) in [4.78, 5) is 2.00. The van der Waals surface area contributed by atoms with Crippen molar-refractivity contribution in [3.05, 3.63) is 88.4 Å². The second-order valence-electron chi connectivity index (χ2n) is 8.60. The third kappa shape index (κ3) is 6.55. The lowest BCUT2D eigenvalue weighted by molar-refractivity contribution is 0.290. The van der Waals surface area contributed by atoms with Crippen LogP contribution in [0, 0.1) is 5.92 Å². The number of hydrogen-bond acceptors (Lipinski definition) is 4. The van der Waals surface area contributed by atoms with Crippen molar-refractivity contribution >= 4 is 47.3 Å². The average Bonchev–Trinajstić information content (AvgIpc) is 2.78. The van der Waals surface area contributed by atoms with Crippen molar-refractivity contribution in [1.29, 1.82) is 0 Å². The molecule has 7 heteroatoms. The molecule has 4 nitrogen and oxygen atoms in total. The molecule has 0 saturated carbocycles. The van der Waals surface area contributed by atoms with Gasteiger partial charge in [0.15, 0.2) is 0 Å². The second-order valence-corrected chi connectivity index (χ2v) is 11.9. The van der Waals surface area contributed by atoms with Gasteiger partial charge in [0.25, 0.3) is 7.37 Å². The molecule has 0 saturated heterocycles. The lowest BCUT2D eigenvalue weighted by atomic mass is 10.2. The van der Waals surface area contributed by atoms with Gasteiger partial charge >= 0.3 is 0 Å². The van der Waals surface area contributed by atoms with Gasteiger partial charge in [-0.2, -0.15) is 0 Å². The maximum Gasteiger partial charge on any atom is 0.258 e. The molecule has 0 aliphatic heterocycles. The molecule has 2 unspecified atom stereocenters. The summed E-state index contributed by atoms with van der Waals surface area (Å²) >= 11 is 12.8. The van der Waals surface area contributed by atoms with Gasteiger partial charge < -0.3 is 14.7 Å². The van der Waals surface area contributed by atoms with Crippen LogP contribution >= 0.6 is 30.6 Å². The number of benzene rings is 3. The Morgan fingerprint density at radius 2 is 1.64 bits per heavy atom. The van der Waals surface area contributed by atoms with Crippen LogP contribution < -0.4 is 15.5 Å². The molecule has 3 rings (SSSR count). The van der Waals surface area contributed by atoms with E-state index in [4.69, 9.17) is 27.7 Å². The molecule has 0 spiro atoms. The molecule has 0 aromatic heterocycles. The summed E-state index contributed by atoms with van der Waals surface area (Å²) in [5.74, 6) is -0.267. The Balaban J connectivity index is 2.13. The summed E-state index contributed by atoms with van der Waals surface area (Å²) in [5.41, 5.74) is 2.52. The number of rotatable bonds is 10. The highest BCUT2D eigenvalue weighted by Crippen LogP contribution is 2.60. The quantitative estimate of drug-likeness (QED) is 0.285. The van der Waals surface area contributed by atoms with E-state index in [0.29, 0.717) is 33.4 Å². The number of halogens is 2. The molecular formula is C26H31Cl2N2O2P. The first-order valence-corrected chi connectivity index (χ1v) is 13.4. The Kier molecular flexibility index (Phi) is 8.89. The van der Waals surface area contributed by atoms with Crippen LogP contribution in [0.15, 0.2) is 72.8 Å². The third-order valence-electron chi connectivity index (χ3n) is 5.38. The van der Waals surface area contributed by atoms with Crippen LogP contribution in [0.3, 0.4) is 0 Å². The fourth-order valence-corrected chi connectivity index (χ4v) is 6.48. The van der Waals surface area contributed by atoms with Gasteiger partial charge in [-0.1, -0.05) is 61.3 Å². The number of nitrogens with one attached hydrogen (secondary N) is 1. The fraction of sp³-hybridized carbons (Fsp3) is 0.308. The highest BCUT2D eigenvalue weighted by molar-refractivity contribution is 7.67. The van der Waals surface area contributed by atoms with Crippen LogP contribution in [0.25, 0.3) is 0 Å². The van der Waals surface area contributed by atoms with E-state index in [1.165, 1.54) is 0 Å². The van der Waals surface area contributed by atoms with Crippen LogP contribution in [0.2, 0.25) is 10.0 Å². The second kappa shape index (κ2) is 11.4. The summed E-state index contributed by atoms with van der Waals surface area (Å²) in [6, 6.07) is 22.6. The zero-order chi connectivity index (χ0) is 24.0. The normalized spacial score (nSPS) is 14.0. The summed E-state index contributed by atoms with van der Waals surface area (Å²) in [5, 5.41) is 5.04. The molecule has 0 bridgehead atoms. The SMILES string of the molecule is CC(C)CCOP(=O)(c1ccc(N(C)C)cc1)C(Nc1ccccc1)c1ccc(Cl)cc1Cl. The maximum atomic E-state index is 14.8. The predicted molar refractivity (Wildman–Crippen MR) is 143 cm³/mol. The molecule has 33 heavy (non-hydrogen) atoms. The van der Waals surface area contributed by atoms with Crippen molar-refractivity contribution < 1.29 is 9.09 Å². The molecular weight excluding hydrogens is 474 g/mol. The Labute approximate surface area is 207 Å².